The molecule has 0 amide bonds. The van der Waals surface area contributed by atoms with Crippen molar-refractivity contribution in [3.63, 3.8) is 0 Å². The van der Waals surface area contributed by atoms with E-state index < -0.39 is 0 Å². The first-order valence-corrected chi connectivity index (χ1v) is 6.17. The van der Waals surface area contributed by atoms with Gasteiger partial charge in [-0.05, 0) is 38.5 Å². The van der Waals surface area contributed by atoms with Gasteiger partial charge in [-0.15, -0.1) is 0 Å². The van der Waals surface area contributed by atoms with Crippen LogP contribution in [0.3, 0.4) is 0 Å². The number of phenolic OH excluding ortho intramolecular Hbond substituents is 2. The van der Waals surface area contributed by atoms with Crippen molar-refractivity contribution in [2.24, 2.45) is 0 Å². The molecule has 0 saturated heterocycles. The van der Waals surface area contributed by atoms with E-state index in [9.17, 15) is 10.2 Å². The molecule has 0 aliphatic rings. The first kappa shape index (κ1) is 13.4. The van der Waals surface area contributed by atoms with Crippen LogP contribution in [0.4, 0.5) is 0 Å². The van der Waals surface area contributed by atoms with Crippen LogP contribution in [0.25, 0.3) is 0 Å². The molecular formula is C14H18N2O3. The van der Waals surface area contributed by atoms with Gasteiger partial charge in [0.25, 0.3) is 0 Å². The van der Waals surface area contributed by atoms with E-state index in [1.54, 1.807) is 18.3 Å². The molecule has 0 bridgehead atoms. The number of phenols is 2. The zero-order valence-corrected chi connectivity index (χ0v) is 11.2. The molecule has 1 heterocycles. The molecule has 0 spiro atoms. The van der Waals surface area contributed by atoms with Gasteiger partial charge in [0.05, 0.1) is 12.2 Å². The Labute approximate surface area is 111 Å². The molecular weight excluding hydrogens is 244 g/mol. The SMILES string of the molecule is Cc1cnc(C(C)NC(C)c2cc(O)cc(O)c2)o1. The Morgan fingerprint density at radius 3 is 2.26 bits per heavy atom. The lowest BCUT2D eigenvalue weighted by atomic mass is 10.1. The normalized spacial score (nSPS) is 14.3. The van der Waals surface area contributed by atoms with Gasteiger partial charge in [0, 0.05) is 12.1 Å². The highest BCUT2D eigenvalue weighted by Crippen LogP contribution is 2.26. The highest BCUT2D eigenvalue weighted by Gasteiger charge is 2.16. The molecule has 19 heavy (non-hydrogen) atoms. The predicted molar refractivity (Wildman–Crippen MR) is 71.0 cm³/mol. The lowest BCUT2D eigenvalue weighted by Crippen LogP contribution is -2.22. The monoisotopic (exact) mass is 262 g/mol. The molecule has 2 aromatic rings. The number of nitrogens with zero attached hydrogens (tertiary/aromatic N) is 1. The lowest BCUT2D eigenvalue weighted by Gasteiger charge is -2.18. The summed E-state index contributed by atoms with van der Waals surface area (Å²) in [4.78, 5) is 4.17. The maximum absolute atomic E-state index is 9.48. The van der Waals surface area contributed by atoms with Crippen molar-refractivity contribution in [3.05, 3.63) is 41.6 Å². The van der Waals surface area contributed by atoms with Crippen molar-refractivity contribution >= 4 is 0 Å². The van der Waals surface area contributed by atoms with Crippen LogP contribution in [0, 0.1) is 6.92 Å². The summed E-state index contributed by atoms with van der Waals surface area (Å²) in [7, 11) is 0. The largest absolute Gasteiger partial charge is 0.508 e. The molecule has 2 unspecified atom stereocenters. The van der Waals surface area contributed by atoms with Crippen LogP contribution in [0.2, 0.25) is 0 Å². The van der Waals surface area contributed by atoms with Crippen molar-refractivity contribution in [1.82, 2.24) is 10.3 Å². The number of hydrogen-bond donors (Lipinski definition) is 3. The zero-order valence-electron chi connectivity index (χ0n) is 11.2. The van der Waals surface area contributed by atoms with Crippen molar-refractivity contribution in [1.29, 1.82) is 0 Å². The van der Waals surface area contributed by atoms with Crippen LogP contribution in [-0.4, -0.2) is 15.2 Å². The Morgan fingerprint density at radius 1 is 1.11 bits per heavy atom. The maximum Gasteiger partial charge on any atom is 0.211 e. The van der Waals surface area contributed by atoms with E-state index in [0.29, 0.717) is 5.89 Å². The van der Waals surface area contributed by atoms with E-state index in [-0.39, 0.29) is 23.6 Å². The van der Waals surface area contributed by atoms with E-state index in [1.165, 1.54) is 6.07 Å². The van der Waals surface area contributed by atoms with Crippen molar-refractivity contribution < 1.29 is 14.6 Å². The third-order valence-corrected chi connectivity index (χ3v) is 2.93. The fourth-order valence-electron chi connectivity index (χ4n) is 1.98. The number of aryl methyl sites for hydroxylation is 1. The van der Waals surface area contributed by atoms with Gasteiger partial charge in [-0.3, -0.25) is 5.32 Å². The van der Waals surface area contributed by atoms with E-state index in [1.807, 2.05) is 20.8 Å². The predicted octanol–water partition coefficient (Wildman–Crippen LogP) is 2.81. The summed E-state index contributed by atoms with van der Waals surface area (Å²) in [5.74, 6) is 1.48. The number of nitrogens with one attached hydrogen (secondary N) is 1. The summed E-state index contributed by atoms with van der Waals surface area (Å²) in [5, 5.41) is 22.3. The molecule has 5 heteroatoms. The summed E-state index contributed by atoms with van der Waals surface area (Å²) < 4.78 is 5.46. The van der Waals surface area contributed by atoms with Crippen LogP contribution in [-0.2, 0) is 0 Å². The quantitative estimate of drug-likeness (QED) is 0.789. The molecule has 5 nitrogen and oxygen atoms in total. The standard InChI is InChI=1S/C14H18N2O3/c1-8-7-15-14(19-8)10(3)16-9(2)11-4-12(17)6-13(18)5-11/h4-7,9-10,16-18H,1-3H3. The fourth-order valence-corrected chi connectivity index (χ4v) is 1.98. The van der Waals surface area contributed by atoms with Crippen LogP contribution in [0.15, 0.2) is 28.8 Å². The highest BCUT2D eigenvalue weighted by atomic mass is 16.4. The van der Waals surface area contributed by atoms with Crippen LogP contribution in [0.1, 0.15) is 43.1 Å². The van der Waals surface area contributed by atoms with Crippen LogP contribution in [0.5, 0.6) is 11.5 Å². The first-order chi connectivity index (χ1) is 8.95. The molecule has 0 saturated carbocycles. The van der Waals surface area contributed by atoms with Gasteiger partial charge < -0.3 is 14.6 Å². The number of rotatable bonds is 4. The molecule has 1 aromatic heterocycles. The molecule has 1 aromatic carbocycles. The van der Waals surface area contributed by atoms with Crippen molar-refractivity contribution in [3.8, 4) is 11.5 Å². The number of oxazole rings is 1. The number of benzene rings is 1. The summed E-state index contributed by atoms with van der Waals surface area (Å²) in [6.07, 6.45) is 1.68. The molecule has 2 rings (SSSR count). The molecule has 3 N–H and O–H groups in total. The second-order valence-electron chi connectivity index (χ2n) is 4.70. The van der Waals surface area contributed by atoms with Gasteiger partial charge in [0.15, 0.2) is 0 Å². The summed E-state index contributed by atoms with van der Waals surface area (Å²) in [6, 6.07) is 4.42. The summed E-state index contributed by atoms with van der Waals surface area (Å²) in [6.45, 7) is 5.74. The number of aromatic nitrogens is 1. The van der Waals surface area contributed by atoms with Gasteiger partial charge in [-0.1, -0.05) is 0 Å². The number of aromatic hydroxyl groups is 2. The lowest BCUT2D eigenvalue weighted by molar-refractivity contribution is 0.379. The smallest absolute Gasteiger partial charge is 0.211 e. The Morgan fingerprint density at radius 2 is 1.74 bits per heavy atom. The molecule has 0 fully saturated rings. The van der Waals surface area contributed by atoms with E-state index in [2.05, 4.69) is 10.3 Å². The minimum Gasteiger partial charge on any atom is -0.508 e. The van der Waals surface area contributed by atoms with Gasteiger partial charge in [0.2, 0.25) is 5.89 Å². The van der Waals surface area contributed by atoms with Crippen LogP contribution < -0.4 is 5.32 Å². The Hall–Kier alpha value is -2.01. The zero-order chi connectivity index (χ0) is 14.0. The Bertz CT molecular complexity index is 545. The van der Waals surface area contributed by atoms with Gasteiger partial charge in [-0.25, -0.2) is 4.98 Å². The maximum atomic E-state index is 9.48. The molecule has 0 radical (unpaired) electrons. The molecule has 2 atom stereocenters. The second-order valence-corrected chi connectivity index (χ2v) is 4.70. The van der Waals surface area contributed by atoms with E-state index in [4.69, 9.17) is 4.42 Å². The van der Waals surface area contributed by atoms with Crippen LogP contribution >= 0.6 is 0 Å². The van der Waals surface area contributed by atoms with Crippen molar-refractivity contribution in [2.75, 3.05) is 0 Å². The minimum absolute atomic E-state index is 0.0447. The minimum atomic E-state index is -0.0619. The van der Waals surface area contributed by atoms with Gasteiger partial charge in [-0.2, -0.15) is 0 Å². The summed E-state index contributed by atoms with van der Waals surface area (Å²) in [5.41, 5.74) is 0.799. The Balaban J connectivity index is 2.10. The molecule has 0 aliphatic carbocycles. The summed E-state index contributed by atoms with van der Waals surface area (Å²) >= 11 is 0. The highest BCUT2D eigenvalue weighted by molar-refractivity contribution is 5.38. The van der Waals surface area contributed by atoms with Crippen molar-refractivity contribution in [2.45, 2.75) is 32.9 Å². The van der Waals surface area contributed by atoms with Gasteiger partial charge in [0.1, 0.15) is 17.3 Å². The molecule has 0 aliphatic heterocycles. The number of hydrogen-bond acceptors (Lipinski definition) is 5. The first-order valence-electron chi connectivity index (χ1n) is 6.17. The molecule has 102 valence electrons. The average Bonchev–Trinajstić information content (AvgIpc) is 2.74. The topological polar surface area (TPSA) is 78.5 Å². The Kier molecular flexibility index (Phi) is 3.76. The average molecular weight is 262 g/mol. The van der Waals surface area contributed by atoms with E-state index >= 15 is 0 Å². The van der Waals surface area contributed by atoms with Gasteiger partial charge >= 0.3 is 0 Å². The second kappa shape index (κ2) is 5.32. The fraction of sp³-hybridized carbons (Fsp3) is 0.357. The third kappa shape index (κ3) is 3.26. The third-order valence-electron chi connectivity index (χ3n) is 2.93. The van der Waals surface area contributed by atoms with E-state index in [0.717, 1.165) is 11.3 Å².